The van der Waals surface area contributed by atoms with E-state index < -0.39 is 5.82 Å². The Kier molecular flexibility index (Phi) is 4.38. The first kappa shape index (κ1) is 15.2. The van der Waals surface area contributed by atoms with E-state index in [1.807, 2.05) is 4.90 Å². The number of anilines is 2. The van der Waals surface area contributed by atoms with Crippen LogP contribution >= 0.6 is 0 Å². The highest BCUT2D eigenvalue weighted by Crippen LogP contribution is 2.34. The Bertz CT molecular complexity index is 711. The molecule has 3 rings (SSSR count). The minimum atomic E-state index is -0.502. The second kappa shape index (κ2) is 6.61. The van der Waals surface area contributed by atoms with Gasteiger partial charge < -0.3 is 20.1 Å². The molecular formula is C14H17FN6O2. The third kappa shape index (κ3) is 3.24. The van der Waals surface area contributed by atoms with Crippen LogP contribution in [0.25, 0.3) is 0 Å². The number of ether oxygens (including phenoxy) is 2. The molecule has 23 heavy (non-hydrogen) atoms. The number of nitrogens with one attached hydrogen (secondary N) is 1. The molecule has 0 unspecified atom stereocenters. The van der Waals surface area contributed by atoms with Crippen molar-refractivity contribution in [1.29, 1.82) is 0 Å². The molecule has 3 N–H and O–H groups in total. The zero-order chi connectivity index (χ0) is 16.2. The van der Waals surface area contributed by atoms with Gasteiger partial charge >= 0.3 is 0 Å². The largest absolute Gasteiger partial charge is 0.494 e. The number of aromatic nitrogens is 2. The molecule has 1 fully saturated rings. The van der Waals surface area contributed by atoms with Crippen LogP contribution in [0.1, 0.15) is 0 Å². The molecule has 1 aromatic carbocycles. The summed E-state index contributed by atoms with van der Waals surface area (Å²) in [7, 11) is 1.40. The molecule has 2 heterocycles. The Hall–Kier alpha value is -2.68. The first-order chi connectivity index (χ1) is 11.2. The van der Waals surface area contributed by atoms with E-state index in [4.69, 9.17) is 15.2 Å². The number of halogens is 1. The predicted molar refractivity (Wildman–Crippen MR) is 83.2 cm³/mol. The fourth-order valence-electron chi connectivity index (χ4n) is 2.26. The van der Waals surface area contributed by atoms with Crippen LogP contribution in [0.4, 0.5) is 27.4 Å². The van der Waals surface area contributed by atoms with Gasteiger partial charge in [-0.15, -0.1) is 5.11 Å². The Balaban J connectivity index is 1.84. The van der Waals surface area contributed by atoms with E-state index in [1.165, 1.54) is 19.2 Å². The molecule has 0 atom stereocenters. The number of morpholine rings is 1. The van der Waals surface area contributed by atoms with Crippen LogP contribution in [-0.2, 0) is 4.74 Å². The van der Waals surface area contributed by atoms with Crippen LogP contribution in [0.15, 0.2) is 28.4 Å². The molecule has 0 amide bonds. The molecule has 9 heteroatoms. The van der Waals surface area contributed by atoms with E-state index in [1.54, 1.807) is 6.07 Å². The van der Waals surface area contributed by atoms with Crippen molar-refractivity contribution >= 4 is 23.0 Å². The number of nitrogens with two attached hydrogens (primary N) is 1. The normalized spacial score (nSPS) is 15.3. The van der Waals surface area contributed by atoms with Gasteiger partial charge in [-0.3, -0.25) is 5.10 Å². The number of hydrogen-bond acceptors (Lipinski definition) is 7. The van der Waals surface area contributed by atoms with Crippen LogP contribution in [0, 0.1) is 5.82 Å². The van der Waals surface area contributed by atoms with E-state index in [0.717, 1.165) is 0 Å². The number of benzene rings is 1. The number of azo groups is 1. The molecule has 0 bridgehead atoms. The van der Waals surface area contributed by atoms with Crippen LogP contribution in [0.5, 0.6) is 5.75 Å². The second-order valence-electron chi connectivity index (χ2n) is 4.93. The van der Waals surface area contributed by atoms with Crippen LogP contribution < -0.4 is 15.4 Å². The average Bonchev–Trinajstić information content (AvgIpc) is 2.94. The smallest absolute Gasteiger partial charge is 0.180 e. The van der Waals surface area contributed by atoms with Crippen molar-refractivity contribution in [3.05, 3.63) is 24.0 Å². The van der Waals surface area contributed by atoms with Crippen molar-refractivity contribution in [2.24, 2.45) is 10.2 Å². The summed E-state index contributed by atoms with van der Waals surface area (Å²) >= 11 is 0. The van der Waals surface area contributed by atoms with Gasteiger partial charge in [0.05, 0.1) is 26.0 Å². The van der Waals surface area contributed by atoms with Gasteiger partial charge in [0.15, 0.2) is 23.1 Å². The average molecular weight is 320 g/mol. The number of methoxy groups -OCH3 is 1. The number of aromatic amines is 1. The molecule has 2 aromatic rings. The van der Waals surface area contributed by atoms with Crippen molar-refractivity contribution in [1.82, 2.24) is 10.2 Å². The monoisotopic (exact) mass is 320 g/mol. The van der Waals surface area contributed by atoms with E-state index >= 15 is 0 Å². The fraction of sp³-hybridized carbons (Fsp3) is 0.357. The summed E-state index contributed by atoms with van der Waals surface area (Å²) in [4.78, 5) is 2.01. The maximum atomic E-state index is 13.7. The topological polar surface area (TPSA) is 101 Å². The van der Waals surface area contributed by atoms with Gasteiger partial charge in [0, 0.05) is 19.2 Å². The molecule has 0 aliphatic carbocycles. The summed E-state index contributed by atoms with van der Waals surface area (Å²) in [6.45, 7) is 2.63. The molecule has 1 aliphatic rings. The molecule has 122 valence electrons. The van der Waals surface area contributed by atoms with Crippen LogP contribution in [0.3, 0.4) is 0 Å². The van der Waals surface area contributed by atoms with Gasteiger partial charge in [-0.25, -0.2) is 4.39 Å². The number of rotatable bonds is 4. The van der Waals surface area contributed by atoms with Crippen molar-refractivity contribution in [2.75, 3.05) is 44.0 Å². The van der Waals surface area contributed by atoms with Crippen molar-refractivity contribution in [2.45, 2.75) is 0 Å². The summed E-state index contributed by atoms with van der Waals surface area (Å²) in [5, 5.41) is 15.0. The summed E-state index contributed by atoms with van der Waals surface area (Å²) in [6.07, 6.45) is 0. The van der Waals surface area contributed by atoms with E-state index in [-0.39, 0.29) is 5.75 Å². The Morgan fingerprint density at radius 1 is 1.35 bits per heavy atom. The Morgan fingerprint density at radius 2 is 2.13 bits per heavy atom. The van der Waals surface area contributed by atoms with Gasteiger partial charge in [-0.2, -0.15) is 10.2 Å². The third-order valence-electron chi connectivity index (χ3n) is 3.46. The highest BCUT2D eigenvalue weighted by molar-refractivity contribution is 5.73. The van der Waals surface area contributed by atoms with Gasteiger partial charge in [0.1, 0.15) is 5.82 Å². The van der Waals surface area contributed by atoms with Gasteiger partial charge in [0.25, 0.3) is 0 Å². The maximum Gasteiger partial charge on any atom is 0.180 e. The summed E-state index contributed by atoms with van der Waals surface area (Å²) in [5.74, 6) is 0.575. The van der Waals surface area contributed by atoms with Gasteiger partial charge in [0.2, 0.25) is 0 Å². The highest BCUT2D eigenvalue weighted by atomic mass is 19.1. The number of H-pyrrole nitrogens is 1. The van der Waals surface area contributed by atoms with Crippen LogP contribution in [0.2, 0.25) is 0 Å². The Morgan fingerprint density at radius 3 is 2.83 bits per heavy atom. The lowest BCUT2D eigenvalue weighted by molar-refractivity contribution is 0.122. The zero-order valence-electron chi connectivity index (χ0n) is 12.6. The second-order valence-corrected chi connectivity index (χ2v) is 4.93. The van der Waals surface area contributed by atoms with Crippen molar-refractivity contribution in [3.8, 4) is 5.75 Å². The molecule has 8 nitrogen and oxygen atoms in total. The number of hydrogen-bond donors (Lipinski definition) is 2. The first-order valence-electron chi connectivity index (χ1n) is 7.11. The molecule has 0 radical (unpaired) electrons. The first-order valence-corrected chi connectivity index (χ1v) is 7.11. The quantitative estimate of drug-likeness (QED) is 0.842. The van der Waals surface area contributed by atoms with Crippen LogP contribution in [-0.4, -0.2) is 43.6 Å². The summed E-state index contributed by atoms with van der Waals surface area (Å²) in [6, 6.07) is 4.34. The van der Waals surface area contributed by atoms with E-state index in [0.29, 0.717) is 49.3 Å². The molecule has 1 saturated heterocycles. The number of nitrogens with zero attached hydrogens (tertiary/aromatic N) is 4. The highest BCUT2D eigenvalue weighted by Gasteiger charge is 2.20. The molecule has 1 aliphatic heterocycles. The minimum Gasteiger partial charge on any atom is -0.494 e. The summed E-state index contributed by atoms with van der Waals surface area (Å²) in [5.41, 5.74) is 6.66. The van der Waals surface area contributed by atoms with Gasteiger partial charge in [-0.1, -0.05) is 0 Å². The van der Waals surface area contributed by atoms with Crippen molar-refractivity contribution < 1.29 is 13.9 Å². The standard InChI is InChI=1S/C14H17FN6O2/c1-22-11-3-2-9(8-10(11)15)17-18-12-13(16)19-20-14(12)21-4-6-23-7-5-21/h2-3,8H,4-7H2,1H3,(H3,16,19,20). The molecule has 1 aromatic heterocycles. The Labute approximate surface area is 132 Å². The molecule has 0 spiro atoms. The lowest BCUT2D eigenvalue weighted by atomic mass is 10.3. The number of nitrogen functional groups attached to an aromatic ring is 1. The SMILES string of the molecule is COc1ccc(N=Nc2c(N3CCOCC3)n[nH]c2N)cc1F. The summed E-state index contributed by atoms with van der Waals surface area (Å²) < 4.78 is 23.9. The van der Waals surface area contributed by atoms with Crippen molar-refractivity contribution in [3.63, 3.8) is 0 Å². The van der Waals surface area contributed by atoms with E-state index in [2.05, 4.69) is 20.4 Å². The minimum absolute atomic E-state index is 0.154. The van der Waals surface area contributed by atoms with Gasteiger partial charge in [-0.05, 0) is 12.1 Å². The maximum absolute atomic E-state index is 13.7. The predicted octanol–water partition coefficient (Wildman–Crippen LogP) is 2.39. The molecule has 0 saturated carbocycles. The van der Waals surface area contributed by atoms with E-state index in [9.17, 15) is 4.39 Å². The molecular weight excluding hydrogens is 303 g/mol. The fourth-order valence-corrected chi connectivity index (χ4v) is 2.26. The lowest BCUT2D eigenvalue weighted by Gasteiger charge is -2.26. The third-order valence-corrected chi connectivity index (χ3v) is 3.46. The lowest BCUT2D eigenvalue weighted by Crippen LogP contribution is -2.36. The zero-order valence-corrected chi connectivity index (χ0v) is 12.6.